The Kier molecular flexibility index (Phi) is 5.86. The number of ether oxygens (including phenoxy) is 1. The molecule has 1 aromatic carbocycles. The highest BCUT2D eigenvalue weighted by molar-refractivity contribution is 5.85. The number of fused-ring (bicyclic) bond motifs is 1. The molecule has 1 atom stereocenters. The molecule has 4 N–H and O–H groups in total. The average Bonchev–Trinajstić information content (AvgIpc) is 3.09. The first-order valence-corrected chi connectivity index (χ1v) is 8.97. The number of nitrogens with zero attached hydrogens (tertiary/aromatic N) is 3. The number of aromatic amines is 1. The van der Waals surface area contributed by atoms with E-state index in [1.54, 1.807) is 24.4 Å². The van der Waals surface area contributed by atoms with Crippen molar-refractivity contribution in [2.45, 2.75) is 31.9 Å². The van der Waals surface area contributed by atoms with Gasteiger partial charge in [-0.1, -0.05) is 30.3 Å². The zero-order valence-corrected chi connectivity index (χ0v) is 15.9. The highest BCUT2D eigenvalue weighted by Gasteiger charge is 2.25. The van der Waals surface area contributed by atoms with E-state index in [1.807, 2.05) is 30.3 Å². The summed E-state index contributed by atoms with van der Waals surface area (Å²) in [7, 11) is 0. The predicted molar refractivity (Wildman–Crippen MR) is 104 cm³/mol. The Labute approximate surface area is 161 Å². The van der Waals surface area contributed by atoms with Crippen LogP contribution < -0.4 is 16.6 Å². The van der Waals surface area contributed by atoms with E-state index in [0.717, 1.165) is 5.56 Å². The summed E-state index contributed by atoms with van der Waals surface area (Å²) in [5, 5.41) is 10.9. The standard InChI is InChI=1S/C19H24N6O3/c1-19(2,20)18(27)22-10-14(12-28-11-13-6-4-3-5-7-13)15-23-24-16-17(26)21-8-9-25(15)16/h3-9,14H,10-12,20H2,1-2H3,(H,21,26)(H,22,27)/t14-/m1/s1. The third-order valence-corrected chi connectivity index (χ3v) is 4.25. The molecule has 148 valence electrons. The lowest BCUT2D eigenvalue weighted by Gasteiger charge is -2.21. The van der Waals surface area contributed by atoms with E-state index in [-0.39, 0.29) is 36.2 Å². The number of benzene rings is 1. The molecule has 0 radical (unpaired) electrons. The first-order chi connectivity index (χ1) is 13.4. The average molecular weight is 384 g/mol. The third-order valence-electron chi connectivity index (χ3n) is 4.25. The van der Waals surface area contributed by atoms with E-state index in [2.05, 4.69) is 20.5 Å². The molecular weight excluding hydrogens is 360 g/mol. The van der Waals surface area contributed by atoms with Gasteiger partial charge in [0.1, 0.15) is 5.82 Å². The number of nitrogens with one attached hydrogen (secondary N) is 2. The number of amides is 1. The van der Waals surface area contributed by atoms with Crippen molar-refractivity contribution in [3.8, 4) is 0 Å². The normalized spacial score (nSPS) is 12.8. The first-order valence-electron chi connectivity index (χ1n) is 8.97. The first kappa shape index (κ1) is 19.7. The Balaban J connectivity index is 1.78. The zero-order chi connectivity index (χ0) is 20.1. The molecule has 3 rings (SSSR count). The van der Waals surface area contributed by atoms with Crippen LogP contribution in [0.1, 0.15) is 31.2 Å². The van der Waals surface area contributed by atoms with Gasteiger partial charge in [0, 0.05) is 18.9 Å². The summed E-state index contributed by atoms with van der Waals surface area (Å²) in [4.78, 5) is 26.7. The van der Waals surface area contributed by atoms with Gasteiger partial charge in [-0.3, -0.25) is 14.0 Å². The minimum Gasteiger partial charge on any atom is -0.376 e. The largest absolute Gasteiger partial charge is 0.376 e. The fourth-order valence-corrected chi connectivity index (χ4v) is 2.70. The monoisotopic (exact) mass is 384 g/mol. The number of rotatable bonds is 8. The molecule has 0 saturated heterocycles. The maximum absolute atomic E-state index is 12.2. The van der Waals surface area contributed by atoms with Gasteiger partial charge in [0.25, 0.3) is 5.56 Å². The van der Waals surface area contributed by atoms with Crippen molar-refractivity contribution in [1.29, 1.82) is 0 Å². The topological polar surface area (TPSA) is 127 Å². The van der Waals surface area contributed by atoms with Crippen LogP contribution in [0.5, 0.6) is 0 Å². The Morgan fingerprint density at radius 3 is 2.79 bits per heavy atom. The maximum atomic E-state index is 12.2. The molecule has 0 spiro atoms. The predicted octanol–water partition coefficient (Wildman–Crippen LogP) is 0.572. The van der Waals surface area contributed by atoms with Gasteiger partial charge >= 0.3 is 0 Å². The van der Waals surface area contributed by atoms with Gasteiger partial charge in [-0.25, -0.2) is 0 Å². The molecule has 0 saturated carbocycles. The molecule has 2 aromatic heterocycles. The van der Waals surface area contributed by atoms with E-state index in [0.29, 0.717) is 12.4 Å². The van der Waals surface area contributed by atoms with Crippen LogP contribution in [0.3, 0.4) is 0 Å². The van der Waals surface area contributed by atoms with Gasteiger partial charge in [0.15, 0.2) is 0 Å². The van der Waals surface area contributed by atoms with Crippen LogP contribution in [0.4, 0.5) is 0 Å². The molecule has 0 aliphatic carbocycles. The number of hydrogen-bond donors (Lipinski definition) is 3. The third kappa shape index (κ3) is 4.62. The molecule has 0 aliphatic heterocycles. The second-order valence-corrected chi connectivity index (χ2v) is 7.17. The molecule has 2 heterocycles. The summed E-state index contributed by atoms with van der Waals surface area (Å²) in [6.07, 6.45) is 3.19. The van der Waals surface area contributed by atoms with Crippen LogP contribution in [0, 0.1) is 0 Å². The lowest BCUT2D eigenvalue weighted by atomic mass is 10.1. The number of aromatic nitrogens is 4. The van der Waals surface area contributed by atoms with Crippen LogP contribution in [0.2, 0.25) is 0 Å². The van der Waals surface area contributed by atoms with Crippen LogP contribution in [0.15, 0.2) is 47.5 Å². The van der Waals surface area contributed by atoms with E-state index in [1.165, 1.54) is 6.20 Å². The van der Waals surface area contributed by atoms with Gasteiger partial charge in [0.2, 0.25) is 11.6 Å². The lowest BCUT2D eigenvalue weighted by Crippen LogP contribution is -2.50. The maximum Gasteiger partial charge on any atom is 0.293 e. The fraction of sp³-hybridized carbons (Fsp3) is 0.368. The van der Waals surface area contributed by atoms with Crippen molar-refractivity contribution >= 4 is 11.6 Å². The fourth-order valence-electron chi connectivity index (χ4n) is 2.70. The molecule has 0 aliphatic rings. The second-order valence-electron chi connectivity index (χ2n) is 7.17. The summed E-state index contributed by atoms with van der Waals surface area (Å²) in [5.41, 5.74) is 5.74. The molecule has 0 fully saturated rings. The van der Waals surface area contributed by atoms with E-state index in [9.17, 15) is 9.59 Å². The van der Waals surface area contributed by atoms with Crippen molar-refractivity contribution in [3.63, 3.8) is 0 Å². The Morgan fingerprint density at radius 1 is 1.32 bits per heavy atom. The van der Waals surface area contributed by atoms with Gasteiger partial charge in [-0.2, -0.15) is 0 Å². The smallest absolute Gasteiger partial charge is 0.293 e. The number of carbonyl (C=O) groups excluding carboxylic acids is 1. The molecule has 0 unspecified atom stereocenters. The number of carbonyl (C=O) groups is 1. The summed E-state index contributed by atoms with van der Waals surface area (Å²) >= 11 is 0. The van der Waals surface area contributed by atoms with Crippen molar-refractivity contribution in [2.24, 2.45) is 5.73 Å². The molecule has 9 heteroatoms. The second kappa shape index (κ2) is 8.32. The number of nitrogens with two attached hydrogens (primary N) is 1. The molecule has 3 aromatic rings. The highest BCUT2D eigenvalue weighted by Crippen LogP contribution is 2.15. The van der Waals surface area contributed by atoms with Gasteiger partial charge in [-0.15, -0.1) is 10.2 Å². The lowest BCUT2D eigenvalue weighted by molar-refractivity contribution is -0.125. The van der Waals surface area contributed by atoms with Crippen molar-refractivity contribution in [1.82, 2.24) is 24.9 Å². The van der Waals surface area contributed by atoms with Crippen LogP contribution >= 0.6 is 0 Å². The Morgan fingerprint density at radius 2 is 2.07 bits per heavy atom. The van der Waals surface area contributed by atoms with E-state index < -0.39 is 5.54 Å². The minimum absolute atomic E-state index is 0.191. The van der Waals surface area contributed by atoms with Gasteiger partial charge < -0.3 is 20.8 Å². The van der Waals surface area contributed by atoms with Gasteiger partial charge in [-0.05, 0) is 19.4 Å². The molecule has 0 bridgehead atoms. The number of hydrogen-bond acceptors (Lipinski definition) is 6. The summed E-state index contributed by atoms with van der Waals surface area (Å²) < 4.78 is 7.46. The summed E-state index contributed by atoms with van der Waals surface area (Å²) in [5.74, 6) is -0.0664. The molecule has 28 heavy (non-hydrogen) atoms. The molecular formula is C19H24N6O3. The SMILES string of the molecule is CC(C)(N)C(=O)NC[C@H](COCc1ccccc1)c1nnc2c(=O)[nH]ccn12. The van der Waals surface area contributed by atoms with Crippen LogP contribution in [-0.2, 0) is 16.1 Å². The zero-order valence-electron chi connectivity index (χ0n) is 15.9. The Hall–Kier alpha value is -3.04. The minimum atomic E-state index is -1.00. The molecule has 9 nitrogen and oxygen atoms in total. The van der Waals surface area contributed by atoms with Crippen molar-refractivity contribution in [3.05, 3.63) is 64.5 Å². The quantitative estimate of drug-likeness (QED) is 0.521. The highest BCUT2D eigenvalue weighted by atomic mass is 16.5. The van der Waals surface area contributed by atoms with Crippen LogP contribution in [0.25, 0.3) is 5.65 Å². The molecule has 1 amide bonds. The van der Waals surface area contributed by atoms with Crippen LogP contribution in [-0.4, -0.2) is 44.2 Å². The van der Waals surface area contributed by atoms with Gasteiger partial charge in [0.05, 0.1) is 24.7 Å². The van der Waals surface area contributed by atoms with Crippen molar-refractivity contribution < 1.29 is 9.53 Å². The summed E-state index contributed by atoms with van der Waals surface area (Å²) in [6, 6.07) is 9.77. The number of H-pyrrole nitrogens is 1. The Bertz CT molecular complexity index is 990. The summed E-state index contributed by atoms with van der Waals surface area (Å²) in [6.45, 7) is 4.23. The van der Waals surface area contributed by atoms with Crippen molar-refractivity contribution in [2.75, 3.05) is 13.2 Å². The van der Waals surface area contributed by atoms with E-state index >= 15 is 0 Å². The van der Waals surface area contributed by atoms with E-state index in [4.69, 9.17) is 10.5 Å².